The van der Waals surface area contributed by atoms with Gasteiger partial charge in [0.15, 0.2) is 11.3 Å². The van der Waals surface area contributed by atoms with Gasteiger partial charge in [0.2, 0.25) is 0 Å². The number of para-hydroxylation sites is 2. The fraction of sp³-hybridized carbons (Fsp3) is 0.111. The molecule has 178 valence electrons. The largest absolute Gasteiger partial charge is 0.497 e. The zero-order chi connectivity index (χ0) is 24.8. The summed E-state index contributed by atoms with van der Waals surface area (Å²) in [6.07, 6.45) is 1.55. The first-order valence-corrected chi connectivity index (χ1v) is 11.6. The van der Waals surface area contributed by atoms with Crippen molar-refractivity contribution in [1.82, 2.24) is 24.1 Å². The van der Waals surface area contributed by atoms with Gasteiger partial charge in [-0.3, -0.25) is 13.9 Å². The quantitative estimate of drug-likeness (QED) is 0.333. The Labute approximate surface area is 210 Å². The minimum atomic E-state index is -0.210. The first-order chi connectivity index (χ1) is 17.6. The van der Waals surface area contributed by atoms with Crippen LogP contribution in [0.15, 0.2) is 77.9 Å². The van der Waals surface area contributed by atoms with Crippen LogP contribution < -0.4 is 15.0 Å². The number of hydrogen-bond acceptors (Lipinski definition) is 6. The number of halogens is 1. The van der Waals surface area contributed by atoms with Gasteiger partial charge in [-0.25, -0.2) is 15.0 Å². The first kappa shape index (κ1) is 22.1. The van der Waals surface area contributed by atoms with Gasteiger partial charge in [0.05, 0.1) is 37.5 Å². The highest BCUT2D eigenvalue weighted by Crippen LogP contribution is 2.32. The van der Waals surface area contributed by atoms with Crippen LogP contribution in [0.2, 0.25) is 5.02 Å². The van der Waals surface area contributed by atoms with E-state index in [1.54, 1.807) is 43.3 Å². The lowest BCUT2D eigenvalue weighted by Gasteiger charge is -2.11. The standard InChI is InChI=1S/C27H20ClN5O3/c1-35-19-11-18(12-20(13-19)36-2)33-25-23(24-26(33)31-22-6-4-3-5-21(22)30-24)27(34)32(15-29-25)14-16-7-9-17(28)10-8-16/h3-13,15H,14H2,1-2H3. The van der Waals surface area contributed by atoms with Gasteiger partial charge in [-0.1, -0.05) is 35.9 Å². The highest BCUT2D eigenvalue weighted by atomic mass is 35.5. The molecule has 0 aliphatic carbocycles. The SMILES string of the molecule is COc1cc(OC)cc(-n2c3nc4ccccc4nc3c3c(=O)n(Cc4ccc(Cl)cc4)cnc32)c1. The lowest BCUT2D eigenvalue weighted by molar-refractivity contribution is 0.394. The molecule has 36 heavy (non-hydrogen) atoms. The number of nitrogens with zero attached hydrogens (tertiary/aromatic N) is 5. The zero-order valence-electron chi connectivity index (χ0n) is 19.5. The van der Waals surface area contributed by atoms with E-state index in [0.717, 1.165) is 5.56 Å². The summed E-state index contributed by atoms with van der Waals surface area (Å²) in [6.45, 7) is 0.347. The topological polar surface area (TPSA) is 84.1 Å². The summed E-state index contributed by atoms with van der Waals surface area (Å²) >= 11 is 6.02. The van der Waals surface area contributed by atoms with E-state index < -0.39 is 0 Å². The maximum atomic E-state index is 13.8. The molecule has 0 radical (unpaired) electrons. The van der Waals surface area contributed by atoms with Gasteiger partial charge < -0.3 is 9.47 Å². The third-order valence-corrected chi connectivity index (χ3v) is 6.34. The highest BCUT2D eigenvalue weighted by Gasteiger charge is 2.21. The second-order valence-electron chi connectivity index (χ2n) is 8.29. The van der Waals surface area contributed by atoms with E-state index in [1.807, 2.05) is 53.1 Å². The van der Waals surface area contributed by atoms with E-state index in [0.29, 0.717) is 62.0 Å². The molecule has 3 aromatic carbocycles. The Morgan fingerprint density at radius 1 is 0.861 bits per heavy atom. The number of rotatable bonds is 5. The fourth-order valence-corrected chi connectivity index (χ4v) is 4.46. The third kappa shape index (κ3) is 3.63. The van der Waals surface area contributed by atoms with Crippen molar-refractivity contribution in [2.24, 2.45) is 0 Å². The molecule has 3 aromatic heterocycles. The summed E-state index contributed by atoms with van der Waals surface area (Å²) in [5, 5.41) is 1.03. The average Bonchev–Trinajstić information content (AvgIpc) is 3.23. The van der Waals surface area contributed by atoms with Crippen LogP contribution in [0.25, 0.3) is 38.9 Å². The van der Waals surface area contributed by atoms with Crippen molar-refractivity contribution in [3.63, 3.8) is 0 Å². The molecule has 0 spiro atoms. The Hall–Kier alpha value is -4.43. The summed E-state index contributed by atoms with van der Waals surface area (Å²) < 4.78 is 14.4. The van der Waals surface area contributed by atoms with Gasteiger partial charge in [0.25, 0.3) is 5.56 Å². The number of aromatic nitrogens is 5. The predicted molar refractivity (Wildman–Crippen MR) is 140 cm³/mol. The van der Waals surface area contributed by atoms with Crippen LogP contribution in [0.1, 0.15) is 5.56 Å². The Balaban J connectivity index is 1.67. The summed E-state index contributed by atoms with van der Waals surface area (Å²) in [6, 6.07) is 20.4. The van der Waals surface area contributed by atoms with Crippen molar-refractivity contribution < 1.29 is 9.47 Å². The fourth-order valence-electron chi connectivity index (χ4n) is 4.34. The van der Waals surface area contributed by atoms with Crippen molar-refractivity contribution in [2.45, 2.75) is 6.54 Å². The Bertz CT molecular complexity index is 1800. The van der Waals surface area contributed by atoms with Crippen LogP contribution in [0.4, 0.5) is 0 Å². The summed E-state index contributed by atoms with van der Waals surface area (Å²) in [5.74, 6) is 1.20. The summed E-state index contributed by atoms with van der Waals surface area (Å²) in [4.78, 5) is 28.2. The van der Waals surface area contributed by atoms with Crippen molar-refractivity contribution in [3.05, 3.63) is 94.0 Å². The average molecular weight is 498 g/mol. The molecular weight excluding hydrogens is 478 g/mol. The minimum absolute atomic E-state index is 0.210. The monoisotopic (exact) mass is 497 g/mol. The molecular formula is C27H20ClN5O3. The second-order valence-corrected chi connectivity index (χ2v) is 8.73. The molecule has 3 heterocycles. The number of hydrogen-bond donors (Lipinski definition) is 0. The molecule has 0 amide bonds. The molecule has 6 aromatic rings. The number of fused-ring (bicyclic) bond motifs is 4. The van der Waals surface area contributed by atoms with Gasteiger partial charge in [0.1, 0.15) is 28.7 Å². The zero-order valence-corrected chi connectivity index (χ0v) is 20.2. The summed E-state index contributed by atoms with van der Waals surface area (Å²) in [7, 11) is 3.18. The van der Waals surface area contributed by atoms with Crippen molar-refractivity contribution in [3.8, 4) is 17.2 Å². The van der Waals surface area contributed by atoms with Crippen molar-refractivity contribution in [2.75, 3.05) is 14.2 Å². The van der Waals surface area contributed by atoms with E-state index in [2.05, 4.69) is 0 Å². The molecule has 6 rings (SSSR count). The number of methoxy groups -OCH3 is 2. The minimum Gasteiger partial charge on any atom is -0.497 e. The van der Waals surface area contributed by atoms with Crippen LogP contribution >= 0.6 is 11.6 Å². The molecule has 0 fully saturated rings. The van der Waals surface area contributed by atoms with Gasteiger partial charge in [-0.05, 0) is 29.8 Å². The molecule has 0 N–H and O–H groups in total. The molecule has 0 bridgehead atoms. The lowest BCUT2D eigenvalue weighted by Crippen LogP contribution is -2.21. The van der Waals surface area contributed by atoms with Crippen LogP contribution in [0.3, 0.4) is 0 Å². The van der Waals surface area contributed by atoms with Gasteiger partial charge in [0, 0.05) is 23.2 Å². The smallest absolute Gasteiger partial charge is 0.265 e. The second kappa shape index (κ2) is 8.66. The molecule has 9 heteroatoms. The normalized spacial score (nSPS) is 11.4. The number of ether oxygens (including phenoxy) is 2. The number of benzene rings is 3. The maximum absolute atomic E-state index is 13.8. The third-order valence-electron chi connectivity index (χ3n) is 6.09. The van der Waals surface area contributed by atoms with Crippen LogP contribution in [-0.2, 0) is 6.54 Å². The Morgan fingerprint density at radius 2 is 1.53 bits per heavy atom. The van der Waals surface area contributed by atoms with Crippen molar-refractivity contribution in [1.29, 1.82) is 0 Å². The predicted octanol–water partition coefficient (Wildman–Crippen LogP) is 5.00. The molecule has 8 nitrogen and oxygen atoms in total. The lowest BCUT2D eigenvalue weighted by atomic mass is 10.2. The molecule has 0 saturated carbocycles. The van der Waals surface area contributed by atoms with Crippen molar-refractivity contribution >= 4 is 44.8 Å². The van der Waals surface area contributed by atoms with E-state index in [4.69, 9.17) is 36.0 Å². The van der Waals surface area contributed by atoms with Crippen LogP contribution in [0.5, 0.6) is 11.5 Å². The first-order valence-electron chi connectivity index (χ1n) is 11.2. The van der Waals surface area contributed by atoms with E-state index in [9.17, 15) is 4.79 Å². The maximum Gasteiger partial charge on any atom is 0.265 e. The molecule has 0 unspecified atom stereocenters. The van der Waals surface area contributed by atoms with Gasteiger partial charge in [-0.15, -0.1) is 0 Å². The molecule has 0 aliphatic heterocycles. The molecule has 0 aliphatic rings. The van der Waals surface area contributed by atoms with Gasteiger partial charge in [-0.2, -0.15) is 0 Å². The van der Waals surface area contributed by atoms with E-state index in [-0.39, 0.29) is 5.56 Å². The van der Waals surface area contributed by atoms with E-state index in [1.165, 1.54) is 0 Å². The van der Waals surface area contributed by atoms with Gasteiger partial charge >= 0.3 is 0 Å². The Kier molecular flexibility index (Phi) is 5.30. The molecule has 0 atom stereocenters. The molecule has 0 saturated heterocycles. The Morgan fingerprint density at radius 3 is 2.19 bits per heavy atom. The summed E-state index contributed by atoms with van der Waals surface area (Å²) in [5.41, 5.74) is 4.27. The van der Waals surface area contributed by atoms with Crippen LogP contribution in [0, 0.1) is 0 Å². The van der Waals surface area contributed by atoms with E-state index >= 15 is 0 Å². The highest BCUT2D eigenvalue weighted by molar-refractivity contribution is 6.30. The van der Waals surface area contributed by atoms with Crippen LogP contribution in [-0.4, -0.2) is 38.3 Å².